The average molecular weight is 407 g/mol. The van der Waals surface area contributed by atoms with E-state index in [1.807, 2.05) is 32.0 Å². The third kappa shape index (κ3) is 3.39. The molecule has 0 amide bonds. The van der Waals surface area contributed by atoms with Crippen molar-refractivity contribution in [1.82, 2.24) is 0 Å². The summed E-state index contributed by atoms with van der Waals surface area (Å²) in [6.45, 7) is 3.87. The van der Waals surface area contributed by atoms with Crippen LogP contribution in [0, 0.1) is 19.7 Å². The molecule has 2 rings (SSSR count). The first-order valence-corrected chi connectivity index (χ1v) is 7.77. The van der Waals surface area contributed by atoms with Crippen LogP contribution in [-0.2, 0) is 0 Å². The van der Waals surface area contributed by atoms with Gasteiger partial charge in [0.25, 0.3) is 0 Å². The van der Waals surface area contributed by atoms with Gasteiger partial charge in [0.2, 0.25) is 0 Å². The van der Waals surface area contributed by atoms with Gasteiger partial charge < -0.3 is 0 Å². The molecule has 0 heterocycles. The Morgan fingerprint density at radius 2 is 1.68 bits per heavy atom. The predicted molar refractivity (Wildman–Crippen MR) is 85.4 cm³/mol. The Morgan fingerprint density at radius 1 is 1.00 bits per heavy atom. The minimum absolute atomic E-state index is 0.261. The molecule has 0 saturated heterocycles. The van der Waals surface area contributed by atoms with Crippen molar-refractivity contribution in [3.05, 3.63) is 67.3 Å². The highest BCUT2D eigenvalue weighted by molar-refractivity contribution is 9.11. The first-order valence-electron chi connectivity index (χ1n) is 5.75. The maximum absolute atomic E-state index is 13.5. The van der Waals surface area contributed by atoms with Crippen LogP contribution in [0.25, 0.3) is 0 Å². The molecule has 0 aliphatic heterocycles. The fraction of sp³-hybridized carbons (Fsp3) is 0.200. The van der Waals surface area contributed by atoms with Gasteiger partial charge in [-0.15, -0.1) is 11.6 Å². The zero-order chi connectivity index (χ0) is 14.2. The summed E-state index contributed by atoms with van der Waals surface area (Å²) in [5.41, 5.74) is 3.66. The second-order valence-corrected chi connectivity index (χ2v) is 6.69. The van der Waals surface area contributed by atoms with Gasteiger partial charge in [-0.1, -0.05) is 37.9 Å². The number of halogens is 4. The Morgan fingerprint density at radius 3 is 2.32 bits per heavy atom. The van der Waals surface area contributed by atoms with E-state index in [1.54, 1.807) is 0 Å². The molecule has 2 aromatic rings. The van der Waals surface area contributed by atoms with Crippen LogP contribution >= 0.6 is 43.5 Å². The summed E-state index contributed by atoms with van der Waals surface area (Å²) >= 11 is 13.5. The van der Waals surface area contributed by atoms with E-state index in [2.05, 4.69) is 31.9 Å². The third-order valence-electron chi connectivity index (χ3n) is 2.91. The first kappa shape index (κ1) is 15.0. The molecular formula is C15H12Br2ClF. The van der Waals surface area contributed by atoms with Gasteiger partial charge in [-0.25, -0.2) is 4.39 Å². The maximum atomic E-state index is 13.5. The summed E-state index contributed by atoms with van der Waals surface area (Å²) in [5.74, 6) is -0.261. The quantitative estimate of drug-likeness (QED) is 0.514. The molecule has 0 aliphatic carbocycles. The molecule has 4 heteroatoms. The van der Waals surface area contributed by atoms with Crippen LogP contribution in [0.15, 0.2) is 39.3 Å². The lowest BCUT2D eigenvalue weighted by atomic mass is 10.0. The minimum Gasteiger partial charge on any atom is -0.207 e. The van der Waals surface area contributed by atoms with Crippen LogP contribution < -0.4 is 0 Å². The van der Waals surface area contributed by atoms with Gasteiger partial charge in [-0.05, 0) is 60.4 Å². The number of rotatable bonds is 2. The molecule has 1 atom stereocenters. The van der Waals surface area contributed by atoms with Crippen LogP contribution in [0.3, 0.4) is 0 Å². The van der Waals surface area contributed by atoms with Gasteiger partial charge in [-0.3, -0.25) is 0 Å². The smallest absolute Gasteiger partial charge is 0.123 e. The highest BCUT2D eigenvalue weighted by atomic mass is 79.9. The van der Waals surface area contributed by atoms with E-state index in [9.17, 15) is 4.39 Å². The highest BCUT2D eigenvalue weighted by Crippen LogP contribution is 2.37. The number of aryl methyl sites for hydroxylation is 2. The Bertz CT molecular complexity index is 606. The van der Waals surface area contributed by atoms with Crippen molar-refractivity contribution < 1.29 is 4.39 Å². The van der Waals surface area contributed by atoms with Gasteiger partial charge >= 0.3 is 0 Å². The Kier molecular flexibility index (Phi) is 4.70. The van der Waals surface area contributed by atoms with Crippen molar-refractivity contribution in [3.8, 4) is 0 Å². The molecule has 0 spiro atoms. The van der Waals surface area contributed by atoms with Crippen molar-refractivity contribution in [2.45, 2.75) is 19.2 Å². The van der Waals surface area contributed by atoms with Crippen molar-refractivity contribution >= 4 is 43.5 Å². The van der Waals surface area contributed by atoms with E-state index in [0.29, 0.717) is 0 Å². The van der Waals surface area contributed by atoms with Crippen LogP contribution in [0.2, 0.25) is 0 Å². The lowest BCUT2D eigenvalue weighted by Gasteiger charge is -2.15. The van der Waals surface area contributed by atoms with E-state index < -0.39 is 0 Å². The van der Waals surface area contributed by atoms with Gasteiger partial charge in [-0.2, -0.15) is 0 Å². The summed E-state index contributed by atoms with van der Waals surface area (Å²) in [4.78, 5) is 0. The number of benzene rings is 2. The lowest BCUT2D eigenvalue weighted by Crippen LogP contribution is -1.97. The number of hydrogen-bond acceptors (Lipinski definition) is 0. The van der Waals surface area contributed by atoms with Crippen molar-refractivity contribution in [3.63, 3.8) is 0 Å². The largest absolute Gasteiger partial charge is 0.207 e. The fourth-order valence-corrected chi connectivity index (χ4v) is 3.43. The fourth-order valence-electron chi connectivity index (χ4n) is 1.95. The predicted octanol–water partition coefficient (Wildman–Crippen LogP) is 6.30. The van der Waals surface area contributed by atoms with Gasteiger partial charge in [0.1, 0.15) is 5.82 Å². The summed E-state index contributed by atoms with van der Waals surface area (Å²) in [6.07, 6.45) is 0. The monoisotopic (exact) mass is 404 g/mol. The molecule has 0 radical (unpaired) electrons. The van der Waals surface area contributed by atoms with E-state index in [-0.39, 0.29) is 11.2 Å². The van der Waals surface area contributed by atoms with E-state index in [0.717, 1.165) is 31.2 Å². The topological polar surface area (TPSA) is 0 Å². The van der Waals surface area contributed by atoms with Crippen molar-refractivity contribution in [2.75, 3.05) is 0 Å². The maximum Gasteiger partial charge on any atom is 0.123 e. The zero-order valence-electron chi connectivity index (χ0n) is 10.5. The summed E-state index contributed by atoms with van der Waals surface area (Å²) in [7, 11) is 0. The summed E-state index contributed by atoms with van der Waals surface area (Å²) in [6, 6.07) is 8.84. The minimum atomic E-state index is -0.388. The molecule has 0 N–H and O–H groups in total. The molecule has 0 aliphatic rings. The van der Waals surface area contributed by atoms with Gasteiger partial charge in [0.15, 0.2) is 0 Å². The zero-order valence-corrected chi connectivity index (χ0v) is 14.4. The molecule has 0 bridgehead atoms. The molecule has 0 saturated carbocycles. The van der Waals surface area contributed by atoms with E-state index >= 15 is 0 Å². The summed E-state index contributed by atoms with van der Waals surface area (Å²) < 4.78 is 15.4. The molecule has 100 valence electrons. The average Bonchev–Trinajstić information content (AvgIpc) is 2.31. The standard InChI is InChI=1S/C15H12Br2ClF/c1-8-3-10(6-11(19)4-8)15(18)12-7-13(16)9(2)5-14(12)17/h3-7,15H,1-2H3. The molecule has 0 fully saturated rings. The van der Waals surface area contributed by atoms with Crippen LogP contribution in [0.5, 0.6) is 0 Å². The van der Waals surface area contributed by atoms with Crippen LogP contribution in [0.4, 0.5) is 4.39 Å². The van der Waals surface area contributed by atoms with Crippen LogP contribution in [0.1, 0.15) is 27.6 Å². The third-order valence-corrected chi connectivity index (χ3v) is 4.94. The second kappa shape index (κ2) is 5.94. The normalized spacial score (nSPS) is 12.5. The molecule has 19 heavy (non-hydrogen) atoms. The molecule has 0 aromatic heterocycles. The first-order chi connectivity index (χ1) is 8.88. The second-order valence-electron chi connectivity index (χ2n) is 4.55. The number of hydrogen-bond donors (Lipinski definition) is 0. The Labute approximate surface area is 134 Å². The molecule has 0 nitrogen and oxygen atoms in total. The van der Waals surface area contributed by atoms with E-state index in [4.69, 9.17) is 11.6 Å². The van der Waals surface area contributed by atoms with Crippen LogP contribution in [-0.4, -0.2) is 0 Å². The van der Waals surface area contributed by atoms with Crippen molar-refractivity contribution in [2.24, 2.45) is 0 Å². The summed E-state index contributed by atoms with van der Waals surface area (Å²) in [5, 5.41) is -0.388. The Hall–Kier alpha value is -0.380. The highest BCUT2D eigenvalue weighted by Gasteiger charge is 2.16. The SMILES string of the molecule is Cc1cc(F)cc(C(Cl)c2cc(Br)c(C)cc2Br)c1. The van der Waals surface area contributed by atoms with Gasteiger partial charge in [0.05, 0.1) is 5.38 Å². The van der Waals surface area contributed by atoms with Crippen molar-refractivity contribution in [1.29, 1.82) is 0 Å². The van der Waals surface area contributed by atoms with Gasteiger partial charge in [0, 0.05) is 8.95 Å². The lowest BCUT2D eigenvalue weighted by molar-refractivity contribution is 0.624. The molecule has 2 aromatic carbocycles. The molecular weight excluding hydrogens is 394 g/mol. The van der Waals surface area contributed by atoms with E-state index in [1.165, 1.54) is 12.1 Å². The Balaban J connectivity index is 2.49. The molecule has 1 unspecified atom stereocenters. The number of alkyl halides is 1.